The summed E-state index contributed by atoms with van der Waals surface area (Å²) in [6.45, 7) is 1.90. The van der Waals surface area contributed by atoms with E-state index in [2.05, 4.69) is 4.99 Å². The van der Waals surface area contributed by atoms with Gasteiger partial charge in [-0.05, 0) is 48.9 Å². The van der Waals surface area contributed by atoms with Crippen LogP contribution in [0, 0.1) is 0 Å². The highest BCUT2D eigenvalue weighted by atomic mass is 35.5. The van der Waals surface area contributed by atoms with Crippen molar-refractivity contribution >= 4 is 51.8 Å². The van der Waals surface area contributed by atoms with Crippen molar-refractivity contribution < 1.29 is 14.3 Å². The number of rotatable bonds is 5. The van der Waals surface area contributed by atoms with Crippen LogP contribution in [0.4, 0.5) is 0 Å². The van der Waals surface area contributed by atoms with Gasteiger partial charge >= 0.3 is 5.97 Å². The molecule has 0 fully saturated rings. The maximum Gasteiger partial charge on any atom is 0.341 e. The van der Waals surface area contributed by atoms with Gasteiger partial charge in [-0.15, -0.1) is 0 Å². The molecule has 0 unspecified atom stereocenters. The number of esters is 1. The number of ether oxygens (including phenoxy) is 1. The Hall–Kier alpha value is -4.27. The van der Waals surface area contributed by atoms with Gasteiger partial charge in [-0.1, -0.05) is 59.6 Å². The summed E-state index contributed by atoms with van der Waals surface area (Å²) in [6, 6.07) is 20.3. The summed E-state index contributed by atoms with van der Waals surface area (Å²) in [6.07, 6.45) is 1.60. The van der Waals surface area contributed by atoms with Crippen molar-refractivity contribution in [2.75, 3.05) is 6.61 Å². The van der Waals surface area contributed by atoms with Gasteiger partial charge < -0.3 is 9.30 Å². The first-order chi connectivity index (χ1) is 18.4. The van der Waals surface area contributed by atoms with Crippen LogP contribution in [-0.2, 0) is 11.3 Å². The summed E-state index contributed by atoms with van der Waals surface area (Å²) in [5.74, 6) is -1.46. The highest BCUT2D eigenvalue weighted by Gasteiger charge is 2.21. The molecular weight excluding hydrogens is 527 g/mol. The predicted octanol–water partition coefficient (Wildman–Crippen LogP) is 4.92. The minimum absolute atomic E-state index is 0.0203. The highest BCUT2D eigenvalue weighted by Crippen LogP contribution is 2.21. The molecule has 0 saturated carbocycles. The number of hydrogen-bond acceptors (Lipinski definition) is 5. The number of halogens is 2. The molecule has 0 aliphatic carbocycles. The molecule has 1 amide bonds. The maximum atomic E-state index is 13.5. The summed E-state index contributed by atoms with van der Waals surface area (Å²) >= 11 is 12.4. The maximum absolute atomic E-state index is 13.5. The van der Waals surface area contributed by atoms with Gasteiger partial charge in [0, 0.05) is 11.2 Å². The lowest BCUT2D eigenvalue weighted by Crippen LogP contribution is -2.33. The molecule has 0 bridgehead atoms. The van der Waals surface area contributed by atoms with Gasteiger partial charge in [-0.25, -0.2) is 9.78 Å². The highest BCUT2D eigenvalue weighted by molar-refractivity contribution is 6.35. The number of nitrogens with zero attached hydrogens (tertiary/aromatic N) is 4. The van der Waals surface area contributed by atoms with Crippen LogP contribution in [0.2, 0.25) is 10.0 Å². The first kappa shape index (κ1) is 25.4. The fourth-order valence-corrected chi connectivity index (χ4v) is 4.46. The fourth-order valence-electron chi connectivity index (χ4n) is 4.09. The topological polar surface area (TPSA) is 95.0 Å². The summed E-state index contributed by atoms with van der Waals surface area (Å²) in [7, 11) is 0. The molecule has 10 heteroatoms. The van der Waals surface area contributed by atoms with Gasteiger partial charge in [0.05, 0.1) is 29.1 Å². The number of carbonyl (C=O) groups is 2. The number of aromatic nitrogens is 3. The fraction of sp³-hybridized carbons (Fsp3) is 0.107. The first-order valence-electron chi connectivity index (χ1n) is 11.7. The van der Waals surface area contributed by atoms with E-state index in [9.17, 15) is 14.4 Å². The Balaban J connectivity index is 1.91. The van der Waals surface area contributed by atoms with E-state index in [1.807, 2.05) is 30.3 Å². The van der Waals surface area contributed by atoms with Crippen LogP contribution in [0.15, 0.2) is 88.8 Å². The van der Waals surface area contributed by atoms with Crippen LogP contribution in [0.1, 0.15) is 33.2 Å². The Morgan fingerprint density at radius 1 is 0.974 bits per heavy atom. The SMILES string of the molecule is CCOC(=O)c1cc2c(=O)n3ccccc3nc2n(Cc2ccccc2)c1=NC(=O)c1cc(Cl)ccc1Cl. The number of pyridine rings is 2. The van der Waals surface area contributed by atoms with E-state index in [1.54, 1.807) is 42.0 Å². The zero-order valence-corrected chi connectivity index (χ0v) is 21.6. The van der Waals surface area contributed by atoms with Crippen molar-refractivity contribution in [1.82, 2.24) is 14.0 Å². The first-order valence-corrected chi connectivity index (χ1v) is 12.4. The molecular formula is C28H20Cl2N4O4. The zero-order chi connectivity index (χ0) is 26.8. The number of amides is 1. The molecule has 0 spiro atoms. The molecule has 190 valence electrons. The molecule has 0 radical (unpaired) electrons. The zero-order valence-electron chi connectivity index (χ0n) is 20.1. The van der Waals surface area contributed by atoms with E-state index >= 15 is 0 Å². The third kappa shape index (κ3) is 4.83. The lowest BCUT2D eigenvalue weighted by atomic mass is 10.1. The largest absolute Gasteiger partial charge is 0.462 e. The average molecular weight is 547 g/mol. The Morgan fingerprint density at radius 2 is 1.74 bits per heavy atom. The smallest absolute Gasteiger partial charge is 0.341 e. The normalized spacial score (nSPS) is 11.7. The van der Waals surface area contributed by atoms with Gasteiger partial charge in [0.2, 0.25) is 0 Å². The van der Waals surface area contributed by atoms with Crippen LogP contribution in [-0.4, -0.2) is 32.4 Å². The summed E-state index contributed by atoms with van der Waals surface area (Å²) < 4.78 is 8.24. The molecule has 0 atom stereocenters. The number of benzene rings is 2. The summed E-state index contributed by atoms with van der Waals surface area (Å²) in [5, 5.41) is 0.619. The van der Waals surface area contributed by atoms with Crippen molar-refractivity contribution in [1.29, 1.82) is 0 Å². The Labute approximate surface area is 226 Å². The van der Waals surface area contributed by atoms with Crippen molar-refractivity contribution in [3.05, 3.63) is 122 Å². The van der Waals surface area contributed by atoms with Gasteiger partial charge in [-0.2, -0.15) is 4.99 Å². The van der Waals surface area contributed by atoms with Crippen molar-refractivity contribution in [2.24, 2.45) is 4.99 Å². The predicted molar refractivity (Wildman–Crippen MR) is 145 cm³/mol. The molecule has 0 N–H and O–H groups in total. The van der Waals surface area contributed by atoms with Crippen LogP contribution < -0.4 is 11.0 Å². The Morgan fingerprint density at radius 3 is 2.50 bits per heavy atom. The van der Waals surface area contributed by atoms with Crippen molar-refractivity contribution in [3.63, 3.8) is 0 Å². The lowest BCUT2D eigenvalue weighted by Gasteiger charge is -2.15. The molecule has 3 heterocycles. The number of hydrogen-bond donors (Lipinski definition) is 0. The molecule has 38 heavy (non-hydrogen) atoms. The number of carbonyl (C=O) groups excluding carboxylic acids is 2. The van der Waals surface area contributed by atoms with Gasteiger partial charge in [-0.3, -0.25) is 14.0 Å². The standard InChI is InChI=1S/C28H20Cl2N4O4/c1-2-38-28(37)21-15-20-24(31-23-10-6-7-13-33(23)27(20)36)34(16-17-8-4-3-5-9-17)25(21)32-26(35)19-14-18(29)11-12-22(19)30/h3-15H,2,16H2,1H3. The van der Waals surface area contributed by atoms with Gasteiger partial charge in [0.25, 0.3) is 11.5 Å². The average Bonchev–Trinajstić information content (AvgIpc) is 2.92. The lowest BCUT2D eigenvalue weighted by molar-refractivity contribution is 0.0523. The Kier molecular flexibility index (Phi) is 7.09. The van der Waals surface area contributed by atoms with Crippen LogP contribution in [0.25, 0.3) is 16.7 Å². The van der Waals surface area contributed by atoms with E-state index in [-0.39, 0.29) is 51.4 Å². The molecule has 0 saturated heterocycles. The van der Waals surface area contributed by atoms with E-state index in [4.69, 9.17) is 32.9 Å². The third-order valence-electron chi connectivity index (χ3n) is 5.83. The second-order valence-corrected chi connectivity index (χ2v) is 9.14. The van der Waals surface area contributed by atoms with E-state index in [0.29, 0.717) is 10.7 Å². The van der Waals surface area contributed by atoms with Gasteiger partial charge in [0.1, 0.15) is 16.9 Å². The quantitative estimate of drug-likeness (QED) is 0.230. The second-order valence-electron chi connectivity index (χ2n) is 8.30. The monoisotopic (exact) mass is 546 g/mol. The molecule has 2 aromatic carbocycles. The second kappa shape index (κ2) is 10.6. The molecule has 5 aromatic rings. The van der Waals surface area contributed by atoms with Crippen molar-refractivity contribution in [2.45, 2.75) is 13.5 Å². The summed E-state index contributed by atoms with van der Waals surface area (Å²) in [5.41, 5.74) is 1.08. The van der Waals surface area contributed by atoms with Gasteiger partial charge in [0.15, 0.2) is 5.49 Å². The van der Waals surface area contributed by atoms with E-state index < -0.39 is 11.9 Å². The summed E-state index contributed by atoms with van der Waals surface area (Å²) in [4.78, 5) is 49.0. The molecule has 8 nitrogen and oxygen atoms in total. The van der Waals surface area contributed by atoms with Crippen molar-refractivity contribution in [3.8, 4) is 0 Å². The van der Waals surface area contributed by atoms with Crippen LogP contribution in [0.5, 0.6) is 0 Å². The Bertz CT molecular complexity index is 1850. The molecule has 0 aliphatic heterocycles. The van der Waals surface area contributed by atoms with E-state index in [0.717, 1.165) is 5.56 Å². The third-order valence-corrected chi connectivity index (χ3v) is 6.40. The molecule has 3 aromatic heterocycles. The number of fused-ring (bicyclic) bond motifs is 2. The van der Waals surface area contributed by atoms with Crippen LogP contribution >= 0.6 is 23.2 Å². The minimum Gasteiger partial charge on any atom is -0.462 e. The van der Waals surface area contributed by atoms with Crippen LogP contribution in [0.3, 0.4) is 0 Å². The van der Waals surface area contributed by atoms with E-state index in [1.165, 1.54) is 22.6 Å². The molecule has 0 aliphatic rings. The minimum atomic E-state index is -0.738. The molecule has 5 rings (SSSR count).